The summed E-state index contributed by atoms with van der Waals surface area (Å²) in [5.41, 5.74) is 0. The van der Waals surface area contributed by atoms with Crippen molar-refractivity contribution in [2.75, 3.05) is 32.8 Å². The summed E-state index contributed by atoms with van der Waals surface area (Å²) in [4.78, 5) is 4.63. The summed E-state index contributed by atoms with van der Waals surface area (Å²) in [5.74, 6) is 1.37. The second-order valence-electron chi connectivity index (χ2n) is 6.84. The zero-order chi connectivity index (χ0) is 20.2. The SMILES string of the molecule is CCNC(=NCCC(OCC)C1CCCC1)NCCNS(=O)(=O)c1cccs1.I. The summed E-state index contributed by atoms with van der Waals surface area (Å²) in [7, 11) is -3.42. The second kappa shape index (κ2) is 14.6. The molecule has 1 unspecified atom stereocenters. The maximum atomic E-state index is 12.1. The number of rotatable bonds is 12. The minimum absolute atomic E-state index is 0. The Morgan fingerprint density at radius 1 is 1.28 bits per heavy atom. The molecule has 0 aliphatic heterocycles. The van der Waals surface area contributed by atoms with Gasteiger partial charge in [-0.2, -0.15) is 0 Å². The van der Waals surface area contributed by atoms with Gasteiger partial charge in [-0.25, -0.2) is 13.1 Å². The van der Waals surface area contributed by atoms with Crippen molar-refractivity contribution in [1.29, 1.82) is 0 Å². The van der Waals surface area contributed by atoms with E-state index < -0.39 is 10.0 Å². The molecule has 0 amide bonds. The first-order chi connectivity index (χ1) is 13.6. The van der Waals surface area contributed by atoms with Gasteiger partial charge < -0.3 is 15.4 Å². The van der Waals surface area contributed by atoms with Gasteiger partial charge in [-0.3, -0.25) is 4.99 Å². The van der Waals surface area contributed by atoms with E-state index in [9.17, 15) is 8.42 Å². The fraction of sp³-hybridized carbons (Fsp3) is 0.737. The molecule has 0 bridgehead atoms. The Balaban J connectivity index is 0.00000420. The van der Waals surface area contributed by atoms with Crippen molar-refractivity contribution in [3.05, 3.63) is 17.5 Å². The molecule has 1 aliphatic rings. The maximum Gasteiger partial charge on any atom is 0.250 e. The predicted molar refractivity (Wildman–Crippen MR) is 131 cm³/mol. The molecule has 1 saturated carbocycles. The molecule has 0 radical (unpaired) electrons. The number of thiophene rings is 1. The fourth-order valence-corrected chi connectivity index (χ4v) is 5.57. The van der Waals surface area contributed by atoms with E-state index in [1.807, 2.05) is 13.8 Å². The van der Waals surface area contributed by atoms with Crippen LogP contribution in [-0.4, -0.2) is 53.3 Å². The average molecular weight is 559 g/mol. The predicted octanol–water partition coefficient (Wildman–Crippen LogP) is 3.18. The number of aliphatic imine (C=N–C) groups is 1. The molecule has 168 valence electrons. The van der Waals surface area contributed by atoms with Crippen LogP contribution in [0, 0.1) is 5.92 Å². The minimum Gasteiger partial charge on any atom is -0.378 e. The van der Waals surface area contributed by atoms with Gasteiger partial charge in [0.1, 0.15) is 4.21 Å². The zero-order valence-corrected chi connectivity index (χ0v) is 21.3. The van der Waals surface area contributed by atoms with Crippen LogP contribution in [-0.2, 0) is 14.8 Å². The molecule has 3 N–H and O–H groups in total. The highest BCUT2D eigenvalue weighted by Crippen LogP contribution is 2.30. The number of hydrogen-bond acceptors (Lipinski definition) is 5. The van der Waals surface area contributed by atoms with Crippen LogP contribution in [0.2, 0.25) is 0 Å². The molecule has 1 aliphatic carbocycles. The summed E-state index contributed by atoms with van der Waals surface area (Å²) in [6.45, 7) is 7.02. The number of hydrogen-bond donors (Lipinski definition) is 3. The van der Waals surface area contributed by atoms with Crippen LogP contribution < -0.4 is 15.4 Å². The lowest BCUT2D eigenvalue weighted by atomic mass is 9.98. The molecule has 0 aromatic carbocycles. The molecule has 1 atom stereocenters. The van der Waals surface area contributed by atoms with E-state index in [4.69, 9.17) is 4.74 Å². The standard InChI is InChI=1S/C19H34N4O3S2.HI/c1-3-20-19(21-12-11-17(26-4-2)16-8-5-6-9-16)22-13-14-23-28(24,25)18-10-7-15-27-18;/h7,10,15-17,23H,3-6,8-9,11-14H2,1-2H3,(H2,20,21,22);1H. The van der Waals surface area contributed by atoms with Gasteiger partial charge in [0.2, 0.25) is 10.0 Å². The average Bonchev–Trinajstić information content (AvgIpc) is 3.38. The van der Waals surface area contributed by atoms with Crippen molar-refractivity contribution in [3.63, 3.8) is 0 Å². The lowest BCUT2D eigenvalue weighted by Gasteiger charge is -2.22. The van der Waals surface area contributed by atoms with Gasteiger partial charge in [0.05, 0.1) is 6.10 Å². The fourth-order valence-electron chi connectivity index (χ4n) is 3.50. The van der Waals surface area contributed by atoms with Crippen LogP contribution >= 0.6 is 35.3 Å². The quantitative estimate of drug-likeness (QED) is 0.159. The number of nitrogens with zero attached hydrogens (tertiary/aromatic N) is 1. The lowest BCUT2D eigenvalue weighted by molar-refractivity contribution is 0.0177. The Labute approximate surface area is 196 Å². The molecule has 29 heavy (non-hydrogen) atoms. The van der Waals surface area contributed by atoms with E-state index >= 15 is 0 Å². The van der Waals surface area contributed by atoms with Gasteiger partial charge in [0.25, 0.3) is 0 Å². The molecule has 0 spiro atoms. The van der Waals surface area contributed by atoms with E-state index in [2.05, 4.69) is 20.3 Å². The third-order valence-electron chi connectivity index (χ3n) is 4.80. The van der Waals surface area contributed by atoms with Crippen molar-refractivity contribution < 1.29 is 13.2 Å². The van der Waals surface area contributed by atoms with E-state index in [-0.39, 0.29) is 30.1 Å². The van der Waals surface area contributed by atoms with E-state index in [0.29, 0.717) is 35.7 Å². The summed E-state index contributed by atoms with van der Waals surface area (Å²) in [5, 5.41) is 8.15. The number of halogens is 1. The Morgan fingerprint density at radius 3 is 2.66 bits per heavy atom. The highest BCUT2D eigenvalue weighted by molar-refractivity contribution is 14.0. The first-order valence-electron chi connectivity index (χ1n) is 10.2. The van der Waals surface area contributed by atoms with Gasteiger partial charge in [-0.05, 0) is 50.5 Å². The number of sulfonamides is 1. The lowest BCUT2D eigenvalue weighted by Crippen LogP contribution is -2.41. The summed E-state index contributed by atoms with van der Waals surface area (Å²) >= 11 is 1.21. The molecular formula is C19H35IN4O3S2. The van der Waals surface area contributed by atoms with Crippen molar-refractivity contribution in [1.82, 2.24) is 15.4 Å². The molecule has 7 nitrogen and oxygen atoms in total. The van der Waals surface area contributed by atoms with Gasteiger partial charge in [0.15, 0.2) is 5.96 Å². The topological polar surface area (TPSA) is 91.8 Å². The van der Waals surface area contributed by atoms with E-state index in [1.54, 1.807) is 17.5 Å². The van der Waals surface area contributed by atoms with Crippen molar-refractivity contribution in [3.8, 4) is 0 Å². The highest BCUT2D eigenvalue weighted by Gasteiger charge is 2.25. The molecule has 1 aromatic heterocycles. The normalized spacial score (nSPS) is 16.4. The van der Waals surface area contributed by atoms with Gasteiger partial charge in [-0.1, -0.05) is 18.9 Å². The van der Waals surface area contributed by atoms with Crippen molar-refractivity contribution in [2.24, 2.45) is 10.9 Å². The minimum atomic E-state index is -3.42. The molecule has 1 heterocycles. The third-order valence-corrected chi connectivity index (χ3v) is 7.66. The molecule has 10 heteroatoms. The smallest absolute Gasteiger partial charge is 0.250 e. The zero-order valence-electron chi connectivity index (χ0n) is 17.4. The van der Waals surface area contributed by atoms with E-state index in [0.717, 1.165) is 19.6 Å². The summed E-state index contributed by atoms with van der Waals surface area (Å²) in [6.07, 6.45) is 6.34. The van der Waals surface area contributed by atoms with Gasteiger partial charge >= 0.3 is 0 Å². The first kappa shape index (κ1) is 26.6. The van der Waals surface area contributed by atoms with Crippen LogP contribution in [0.5, 0.6) is 0 Å². The van der Waals surface area contributed by atoms with Crippen LogP contribution in [0.25, 0.3) is 0 Å². The van der Waals surface area contributed by atoms with Gasteiger partial charge in [-0.15, -0.1) is 35.3 Å². The molecule has 1 aromatic rings. The third kappa shape index (κ3) is 9.50. The van der Waals surface area contributed by atoms with Crippen LogP contribution in [0.15, 0.2) is 26.7 Å². The van der Waals surface area contributed by atoms with Crippen molar-refractivity contribution >= 4 is 51.3 Å². The van der Waals surface area contributed by atoms with Gasteiger partial charge in [0, 0.05) is 32.8 Å². The Morgan fingerprint density at radius 2 is 2.03 bits per heavy atom. The highest BCUT2D eigenvalue weighted by atomic mass is 127. The molecule has 0 saturated heterocycles. The molecule has 1 fully saturated rings. The first-order valence-corrected chi connectivity index (χ1v) is 12.6. The monoisotopic (exact) mass is 558 g/mol. The summed E-state index contributed by atoms with van der Waals surface area (Å²) in [6, 6.07) is 3.33. The number of guanidine groups is 1. The number of nitrogens with one attached hydrogen (secondary N) is 3. The molecule has 2 rings (SSSR count). The van der Waals surface area contributed by atoms with Crippen LogP contribution in [0.1, 0.15) is 46.0 Å². The Hall–Kier alpha value is -0.430. The maximum absolute atomic E-state index is 12.1. The van der Waals surface area contributed by atoms with Crippen LogP contribution in [0.4, 0.5) is 0 Å². The number of ether oxygens (including phenoxy) is 1. The Bertz CT molecular complexity index is 678. The van der Waals surface area contributed by atoms with Crippen molar-refractivity contribution in [2.45, 2.75) is 56.3 Å². The van der Waals surface area contributed by atoms with Crippen LogP contribution in [0.3, 0.4) is 0 Å². The summed E-state index contributed by atoms with van der Waals surface area (Å²) < 4.78 is 33.1. The van der Waals surface area contributed by atoms with E-state index in [1.165, 1.54) is 37.0 Å². The largest absolute Gasteiger partial charge is 0.378 e. The second-order valence-corrected chi connectivity index (χ2v) is 9.79. The molecular weight excluding hydrogens is 523 g/mol. The Kier molecular flexibility index (Phi) is 13.4.